The van der Waals surface area contributed by atoms with Gasteiger partial charge in [0.15, 0.2) is 0 Å². The molecule has 21 heavy (non-hydrogen) atoms. The van der Waals surface area contributed by atoms with Gasteiger partial charge in [-0.2, -0.15) is 0 Å². The molecule has 1 saturated heterocycles. The molecule has 0 radical (unpaired) electrons. The van der Waals surface area contributed by atoms with Gasteiger partial charge in [0, 0.05) is 19.6 Å². The molecule has 1 heterocycles. The Morgan fingerprint density at radius 2 is 1.62 bits per heavy atom. The second kappa shape index (κ2) is 8.53. The highest BCUT2D eigenvalue weighted by atomic mass is 16.5. The Balaban J connectivity index is 1.57. The summed E-state index contributed by atoms with van der Waals surface area (Å²) in [6.07, 6.45) is 10.5. The Labute approximate surface area is 132 Å². The van der Waals surface area contributed by atoms with Crippen LogP contribution in [0.25, 0.3) is 0 Å². The number of piperidine rings is 1. The zero-order valence-corrected chi connectivity index (χ0v) is 14.8. The molecule has 2 rings (SSSR count). The minimum atomic E-state index is 0.549. The van der Waals surface area contributed by atoms with E-state index in [1.165, 1.54) is 64.6 Å². The highest BCUT2D eigenvalue weighted by Gasteiger charge is 2.33. The Morgan fingerprint density at radius 3 is 2.14 bits per heavy atom. The van der Waals surface area contributed by atoms with Crippen molar-refractivity contribution in [2.75, 3.05) is 19.6 Å². The first-order valence-electron chi connectivity index (χ1n) is 9.48. The molecule has 1 aliphatic carbocycles. The van der Waals surface area contributed by atoms with Crippen LogP contribution in [0.15, 0.2) is 0 Å². The predicted molar refractivity (Wildman–Crippen MR) is 90.6 cm³/mol. The summed E-state index contributed by atoms with van der Waals surface area (Å²) in [5, 5.41) is 0. The molecule has 0 unspecified atom stereocenters. The molecule has 0 aromatic heterocycles. The van der Waals surface area contributed by atoms with E-state index in [1.807, 2.05) is 0 Å². The molecule has 2 heteroatoms. The van der Waals surface area contributed by atoms with Crippen LogP contribution in [0, 0.1) is 17.8 Å². The fourth-order valence-corrected chi connectivity index (χ4v) is 4.09. The van der Waals surface area contributed by atoms with Crippen molar-refractivity contribution in [3.8, 4) is 0 Å². The summed E-state index contributed by atoms with van der Waals surface area (Å²) >= 11 is 0. The molecule has 0 amide bonds. The lowest BCUT2D eigenvalue weighted by molar-refractivity contribution is -0.0974. The van der Waals surface area contributed by atoms with Crippen LogP contribution in [-0.2, 0) is 4.74 Å². The van der Waals surface area contributed by atoms with Gasteiger partial charge in [-0.1, -0.05) is 40.5 Å². The zero-order chi connectivity index (χ0) is 15.2. The van der Waals surface area contributed by atoms with Crippen LogP contribution in [0.3, 0.4) is 0 Å². The van der Waals surface area contributed by atoms with Crippen LogP contribution in [0.4, 0.5) is 0 Å². The van der Waals surface area contributed by atoms with Gasteiger partial charge in [-0.15, -0.1) is 0 Å². The average molecular weight is 296 g/mol. The molecule has 1 saturated carbocycles. The van der Waals surface area contributed by atoms with Crippen LogP contribution < -0.4 is 0 Å². The number of hydrogen-bond donors (Lipinski definition) is 0. The second-order valence-corrected chi connectivity index (χ2v) is 7.91. The molecule has 0 aromatic carbocycles. The van der Waals surface area contributed by atoms with Crippen molar-refractivity contribution in [3.63, 3.8) is 0 Å². The predicted octanol–water partition coefficient (Wildman–Crippen LogP) is 4.73. The van der Waals surface area contributed by atoms with Crippen molar-refractivity contribution in [2.24, 2.45) is 17.8 Å². The van der Waals surface area contributed by atoms with Gasteiger partial charge in [-0.3, -0.25) is 0 Å². The van der Waals surface area contributed by atoms with E-state index in [-0.39, 0.29) is 0 Å². The standard InChI is InChI=1S/C19H37NO/c1-5-16(6-2)11-17-12-19(13-17)21-18-7-9-20(10-8-18)14-15(3)4/h15-19H,5-14H2,1-4H3/t17-,19-. The van der Waals surface area contributed by atoms with E-state index in [0.29, 0.717) is 12.2 Å². The summed E-state index contributed by atoms with van der Waals surface area (Å²) in [5.74, 6) is 2.70. The molecule has 0 spiro atoms. The third-order valence-corrected chi connectivity index (χ3v) is 5.56. The molecule has 1 aliphatic heterocycles. The molecular formula is C19H37NO. The van der Waals surface area contributed by atoms with Crippen LogP contribution in [0.5, 0.6) is 0 Å². The number of rotatable bonds is 8. The highest BCUT2D eigenvalue weighted by Crippen LogP contribution is 2.37. The van der Waals surface area contributed by atoms with Crippen molar-refractivity contribution in [1.29, 1.82) is 0 Å². The number of nitrogens with zero attached hydrogens (tertiary/aromatic N) is 1. The first-order valence-corrected chi connectivity index (χ1v) is 9.48. The monoisotopic (exact) mass is 295 g/mol. The molecular weight excluding hydrogens is 258 g/mol. The third-order valence-electron chi connectivity index (χ3n) is 5.56. The Hall–Kier alpha value is -0.0800. The van der Waals surface area contributed by atoms with Gasteiger partial charge in [0.05, 0.1) is 12.2 Å². The minimum Gasteiger partial charge on any atom is -0.375 e. The molecule has 2 nitrogen and oxygen atoms in total. The molecule has 0 aromatic rings. The van der Waals surface area contributed by atoms with Gasteiger partial charge < -0.3 is 9.64 Å². The van der Waals surface area contributed by atoms with Gasteiger partial charge >= 0.3 is 0 Å². The first kappa shape index (κ1) is 17.3. The number of likely N-dealkylation sites (tertiary alicyclic amines) is 1. The highest BCUT2D eigenvalue weighted by molar-refractivity contribution is 4.84. The maximum Gasteiger partial charge on any atom is 0.0603 e. The van der Waals surface area contributed by atoms with E-state index >= 15 is 0 Å². The van der Waals surface area contributed by atoms with Crippen molar-refractivity contribution in [3.05, 3.63) is 0 Å². The van der Waals surface area contributed by atoms with Crippen LogP contribution in [0.2, 0.25) is 0 Å². The molecule has 2 aliphatic rings. The second-order valence-electron chi connectivity index (χ2n) is 7.91. The summed E-state index contributed by atoms with van der Waals surface area (Å²) < 4.78 is 6.33. The van der Waals surface area contributed by atoms with Gasteiger partial charge in [0.25, 0.3) is 0 Å². The van der Waals surface area contributed by atoms with Crippen molar-refractivity contribution >= 4 is 0 Å². The largest absolute Gasteiger partial charge is 0.375 e. The molecule has 2 fully saturated rings. The normalized spacial score (nSPS) is 28.3. The van der Waals surface area contributed by atoms with Gasteiger partial charge in [0.1, 0.15) is 0 Å². The summed E-state index contributed by atoms with van der Waals surface area (Å²) in [4.78, 5) is 2.61. The Morgan fingerprint density at radius 1 is 1.00 bits per heavy atom. The molecule has 0 N–H and O–H groups in total. The average Bonchev–Trinajstić information content (AvgIpc) is 2.42. The summed E-state index contributed by atoms with van der Waals surface area (Å²) in [7, 11) is 0. The first-order chi connectivity index (χ1) is 10.1. The fourth-order valence-electron chi connectivity index (χ4n) is 4.09. The summed E-state index contributed by atoms with van der Waals surface area (Å²) in [6.45, 7) is 13.1. The summed E-state index contributed by atoms with van der Waals surface area (Å²) in [5.41, 5.74) is 0. The van der Waals surface area contributed by atoms with E-state index in [0.717, 1.165) is 17.8 Å². The van der Waals surface area contributed by atoms with Crippen molar-refractivity contribution < 1.29 is 4.74 Å². The quantitative estimate of drug-likeness (QED) is 0.642. The van der Waals surface area contributed by atoms with Gasteiger partial charge in [-0.05, 0) is 49.9 Å². The lowest BCUT2D eigenvalue weighted by Crippen LogP contribution is -2.42. The maximum atomic E-state index is 6.33. The molecule has 0 bridgehead atoms. The van der Waals surface area contributed by atoms with E-state index < -0.39 is 0 Å². The fraction of sp³-hybridized carbons (Fsp3) is 1.00. The van der Waals surface area contributed by atoms with E-state index in [9.17, 15) is 0 Å². The van der Waals surface area contributed by atoms with Gasteiger partial charge in [-0.25, -0.2) is 0 Å². The zero-order valence-electron chi connectivity index (χ0n) is 14.8. The summed E-state index contributed by atoms with van der Waals surface area (Å²) in [6, 6.07) is 0. The Kier molecular flexibility index (Phi) is 7.01. The SMILES string of the molecule is CCC(CC)C[C@H]1C[C@H](OC2CCN(CC(C)C)CC2)C1. The van der Waals surface area contributed by atoms with Crippen LogP contribution in [0.1, 0.15) is 72.6 Å². The van der Waals surface area contributed by atoms with Crippen molar-refractivity contribution in [2.45, 2.75) is 84.8 Å². The lowest BCUT2D eigenvalue weighted by Gasteiger charge is -2.41. The smallest absolute Gasteiger partial charge is 0.0603 e. The third kappa shape index (κ3) is 5.56. The number of ether oxygens (including phenoxy) is 1. The topological polar surface area (TPSA) is 12.5 Å². The van der Waals surface area contributed by atoms with Crippen LogP contribution >= 0.6 is 0 Å². The van der Waals surface area contributed by atoms with Gasteiger partial charge in [0.2, 0.25) is 0 Å². The number of hydrogen-bond acceptors (Lipinski definition) is 2. The maximum absolute atomic E-state index is 6.33. The minimum absolute atomic E-state index is 0.549. The Bertz CT molecular complexity index is 273. The van der Waals surface area contributed by atoms with E-state index in [4.69, 9.17) is 4.74 Å². The molecule has 124 valence electrons. The van der Waals surface area contributed by atoms with Crippen molar-refractivity contribution in [1.82, 2.24) is 4.90 Å². The van der Waals surface area contributed by atoms with Crippen LogP contribution in [-0.4, -0.2) is 36.7 Å². The molecule has 0 atom stereocenters. The van der Waals surface area contributed by atoms with E-state index in [1.54, 1.807) is 0 Å². The lowest BCUT2D eigenvalue weighted by atomic mass is 9.75. The van der Waals surface area contributed by atoms with E-state index in [2.05, 4.69) is 32.6 Å².